The Morgan fingerprint density at radius 3 is 2.64 bits per heavy atom. The monoisotopic (exact) mass is 345 g/mol. The lowest BCUT2D eigenvalue weighted by atomic mass is 10.1. The first-order valence-corrected chi connectivity index (χ1v) is 7.53. The molecular weight excluding hydrogens is 330 g/mol. The van der Waals surface area contributed by atoms with E-state index in [-0.39, 0.29) is 18.1 Å². The summed E-state index contributed by atoms with van der Waals surface area (Å²) >= 11 is 0. The van der Waals surface area contributed by atoms with Crippen LogP contribution in [0, 0.1) is 0 Å². The van der Waals surface area contributed by atoms with Crippen LogP contribution in [0.5, 0.6) is 11.5 Å². The number of nitrogens with one attached hydrogen (secondary N) is 1. The number of Topliss-reactive ketones (excluding diaryl/α,β-unsaturated/α-hetero) is 1. The van der Waals surface area contributed by atoms with Crippen LogP contribution in [0.4, 0.5) is 0 Å². The van der Waals surface area contributed by atoms with E-state index in [9.17, 15) is 14.4 Å². The second kappa shape index (κ2) is 7.52. The van der Waals surface area contributed by atoms with Crippen LogP contribution in [0.15, 0.2) is 41.0 Å². The van der Waals surface area contributed by atoms with Gasteiger partial charge in [-0.1, -0.05) is 0 Å². The minimum Gasteiger partial charge on any atom is -0.486 e. The molecule has 2 aromatic rings. The second-order valence-electron chi connectivity index (χ2n) is 5.10. The first-order valence-electron chi connectivity index (χ1n) is 7.53. The van der Waals surface area contributed by atoms with E-state index in [0.717, 1.165) is 0 Å². The third kappa shape index (κ3) is 4.17. The van der Waals surface area contributed by atoms with Crippen LogP contribution in [0.2, 0.25) is 0 Å². The van der Waals surface area contributed by atoms with Gasteiger partial charge in [-0.05, 0) is 30.3 Å². The third-order valence-corrected chi connectivity index (χ3v) is 3.37. The molecule has 0 atom stereocenters. The normalized spacial score (nSPS) is 12.3. The maximum Gasteiger partial charge on any atom is 0.325 e. The van der Waals surface area contributed by atoms with Crippen molar-refractivity contribution in [3.8, 4) is 11.5 Å². The molecule has 0 saturated carbocycles. The van der Waals surface area contributed by atoms with Crippen molar-refractivity contribution in [3.05, 3.63) is 47.9 Å². The molecule has 1 aliphatic heterocycles. The number of fused-ring (bicyclic) bond motifs is 1. The van der Waals surface area contributed by atoms with Gasteiger partial charge >= 0.3 is 5.97 Å². The first-order chi connectivity index (χ1) is 12.1. The van der Waals surface area contributed by atoms with Gasteiger partial charge < -0.3 is 23.9 Å². The largest absolute Gasteiger partial charge is 0.486 e. The SMILES string of the molecule is O=C(CNC(=O)c1ccco1)OCC(=O)c1ccc2c(c1)OCCO2. The molecule has 1 amide bonds. The highest BCUT2D eigenvalue weighted by Gasteiger charge is 2.17. The molecule has 0 aliphatic carbocycles. The van der Waals surface area contributed by atoms with Crippen LogP contribution >= 0.6 is 0 Å². The summed E-state index contributed by atoms with van der Waals surface area (Å²) in [6.07, 6.45) is 1.35. The van der Waals surface area contributed by atoms with Crippen molar-refractivity contribution in [2.75, 3.05) is 26.4 Å². The predicted octanol–water partition coefficient (Wildman–Crippen LogP) is 1.21. The number of carbonyl (C=O) groups is 3. The zero-order chi connectivity index (χ0) is 17.6. The predicted molar refractivity (Wildman–Crippen MR) is 83.8 cm³/mol. The number of ether oxygens (including phenoxy) is 3. The lowest BCUT2D eigenvalue weighted by Crippen LogP contribution is -2.31. The van der Waals surface area contributed by atoms with Crippen LogP contribution < -0.4 is 14.8 Å². The highest BCUT2D eigenvalue weighted by molar-refractivity contribution is 5.99. The Hall–Kier alpha value is -3.29. The van der Waals surface area contributed by atoms with Gasteiger partial charge in [0.1, 0.15) is 19.8 Å². The van der Waals surface area contributed by atoms with E-state index in [1.54, 1.807) is 24.3 Å². The van der Waals surface area contributed by atoms with Crippen molar-refractivity contribution < 1.29 is 33.0 Å². The second-order valence-corrected chi connectivity index (χ2v) is 5.10. The topological polar surface area (TPSA) is 104 Å². The van der Waals surface area contributed by atoms with E-state index in [4.69, 9.17) is 18.6 Å². The highest BCUT2D eigenvalue weighted by atomic mass is 16.6. The summed E-state index contributed by atoms with van der Waals surface area (Å²) in [6, 6.07) is 7.77. The Labute approximate surface area is 142 Å². The molecule has 1 aromatic heterocycles. The average Bonchev–Trinajstić information content (AvgIpc) is 3.18. The number of ketones is 1. The zero-order valence-corrected chi connectivity index (χ0v) is 13.2. The Kier molecular flexibility index (Phi) is 4.98. The number of hydrogen-bond acceptors (Lipinski definition) is 7. The number of esters is 1. The van der Waals surface area contributed by atoms with Crippen LogP contribution in [0.1, 0.15) is 20.9 Å². The number of carbonyl (C=O) groups excluding carboxylic acids is 3. The van der Waals surface area contributed by atoms with Crippen LogP contribution in [0.3, 0.4) is 0 Å². The Bertz CT molecular complexity index is 782. The maximum atomic E-state index is 12.1. The molecule has 2 heterocycles. The minimum atomic E-state index is -0.731. The quantitative estimate of drug-likeness (QED) is 0.620. The Morgan fingerprint density at radius 1 is 1.08 bits per heavy atom. The van der Waals surface area contributed by atoms with Crippen molar-refractivity contribution in [3.63, 3.8) is 0 Å². The number of furan rings is 1. The van der Waals surface area contributed by atoms with Crippen LogP contribution in [0.25, 0.3) is 0 Å². The molecule has 3 rings (SSSR count). The fourth-order valence-electron chi connectivity index (χ4n) is 2.14. The van der Waals surface area contributed by atoms with Crippen molar-refractivity contribution in [2.45, 2.75) is 0 Å². The summed E-state index contributed by atoms with van der Waals surface area (Å²) in [5, 5.41) is 2.33. The molecule has 1 aromatic carbocycles. The standard InChI is InChI=1S/C17H15NO7/c19-12(11-3-4-13-15(8-11)24-7-6-23-13)10-25-16(20)9-18-17(21)14-2-1-5-22-14/h1-5,8H,6-7,9-10H2,(H,18,21). The number of benzene rings is 1. The van der Waals surface area contributed by atoms with Gasteiger partial charge in [-0.2, -0.15) is 0 Å². The summed E-state index contributed by atoms with van der Waals surface area (Å²) in [6.45, 7) is 0.0691. The van der Waals surface area contributed by atoms with Gasteiger partial charge in [-0.3, -0.25) is 14.4 Å². The Balaban J connectivity index is 1.47. The molecule has 0 radical (unpaired) electrons. The van der Waals surface area contributed by atoms with E-state index in [2.05, 4.69) is 5.32 Å². The molecule has 1 aliphatic rings. The van der Waals surface area contributed by atoms with Gasteiger partial charge in [-0.25, -0.2) is 0 Å². The summed E-state index contributed by atoms with van der Waals surface area (Å²) in [5.74, 6) is -0.525. The van der Waals surface area contributed by atoms with E-state index in [1.165, 1.54) is 12.3 Å². The van der Waals surface area contributed by atoms with Gasteiger partial charge in [0, 0.05) is 5.56 Å². The number of rotatable bonds is 6. The van der Waals surface area contributed by atoms with Gasteiger partial charge in [-0.15, -0.1) is 0 Å². The summed E-state index contributed by atoms with van der Waals surface area (Å²) < 4.78 is 20.5. The van der Waals surface area contributed by atoms with Gasteiger partial charge in [0.15, 0.2) is 29.6 Å². The molecule has 8 heteroatoms. The fourth-order valence-corrected chi connectivity index (χ4v) is 2.14. The number of hydrogen-bond donors (Lipinski definition) is 1. The Morgan fingerprint density at radius 2 is 1.88 bits per heavy atom. The molecule has 1 N–H and O–H groups in total. The molecule has 0 bridgehead atoms. The molecule has 0 unspecified atom stereocenters. The van der Waals surface area contributed by atoms with E-state index in [1.807, 2.05) is 0 Å². The van der Waals surface area contributed by atoms with Gasteiger partial charge in [0.25, 0.3) is 5.91 Å². The molecule has 0 saturated heterocycles. The van der Waals surface area contributed by atoms with Gasteiger partial charge in [0.2, 0.25) is 0 Å². The first kappa shape index (κ1) is 16.6. The minimum absolute atomic E-state index is 0.0835. The molecule has 0 fully saturated rings. The van der Waals surface area contributed by atoms with Crippen molar-refractivity contribution >= 4 is 17.7 Å². The molecule has 25 heavy (non-hydrogen) atoms. The lowest BCUT2D eigenvalue weighted by Gasteiger charge is -2.18. The zero-order valence-electron chi connectivity index (χ0n) is 13.2. The van der Waals surface area contributed by atoms with Crippen molar-refractivity contribution in [1.29, 1.82) is 0 Å². The highest BCUT2D eigenvalue weighted by Crippen LogP contribution is 2.30. The molecule has 130 valence electrons. The van der Waals surface area contributed by atoms with Gasteiger partial charge in [0.05, 0.1) is 6.26 Å². The summed E-state index contributed by atoms with van der Waals surface area (Å²) in [4.78, 5) is 35.3. The maximum absolute atomic E-state index is 12.1. The van der Waals surface area contributed by atoms with Crippen LogP contribution in [-0.2, 0) is 9.53 Å². The molecule has 0 spiro atoms. The number of amides is 1. The van der Waals surface area contributed by atoms with E-state index in [0.29, 0.717) is 30.3 Å². The van der Waals surface area contributed by atoms with Crippen LogP contribution in [-0.4, -0.2) is 44.0 Å². The average molecular weight is 345 g/mol. The summed E-state index contributed by atoms with van der Waals surface area (Å²) in [7, 11) is 0. The molecule has 8 nitrogen and oxygen atoms in total. The van der Waals surface area contributed by atoms with Crippen molar-refractivity contribution in [2.24, 2.45) is 0 Å². The summed E-state index contributed by atoms with van der Waals surface area (Å²) in [5.41, 5.74) is 0.344. The third-order valence-electron chi connectivity index (χ3n) is 3.37. The smallest absolute Gasteiger partial charge is 0.325 e. The van der Waals surface area contributed by atoms with Crippen molar-refractivity contribution in [1.82, 2.24) is 5.32 Å². The fraction of sp³-hybridized carbons (Fsp3) is 0.235. The van der Waals surface area contributed by atoms with E-state index < -0.39 is 18.5 Å². The lowest BCUT2D eigenvalue weighted by molar-refractivity contribution is -0.141. The molecular formula is C17H15NO7. The van der Waals surface area contributed by atoms with E-state index >= 15 is 0 Å².